The molecule has 7 N–H and O–H groups in total. The van der Waals surface area contributed by atoms with Crippen molar-refractivity contribution in [2.24, 2.45) is 39.4 Å². The van der Waals surface area contributed by atoms with Crippen LogP contribution in [0.3, 0.4) is 0 Å². The van der Waals surface area contributed by atoms with Crippen molar-refractivity contribution in [3.8, 4) is 0 Å². The highest BCUT2D eigenvalue weighted by atomic mass is 16.7. The number of carbonyl (C=O) groups excluding carboxylic acids is 2. The van der Waals surface area contributed by atoms with Gasteiger partial charge < -0.3 is 40.4 Å². The zero-order valence-corrected chi connectivity index (χ0v) is 24.4. The van der Waals surface area contributed by atoms with Gasteiger partial charge in [0, 0.05) is 36.0 Å². The minimum absolute atomic E-state index is 0.0488. The summed E-state index contributed by atoms with van der Waals surface area (Å²) in [7, 11) is 0. The summed E-state index contributed by atoms with van der Waals surface area (Å²) in [5.41, 5.74) is 5.09. The highest BCUT2D eigenvalue weighted by molar-refractivity contribution is 5.85. The first-order valence-corrected chi connectivity index (χ1v) is 15.4. The molecule has 12 atom stereocenters. The van der Waals surface area contributed by atoms with Gasteiger partial charge in [-0.1, -0.05) is 6.92 Å². The van der Waals surface area contributed by atoms with Crippen LogP contribution in [-0.2, 0) is 19.0 Å². The Hall–Kier alpha value is -2.09. The highest BCUT2D eigenvalue weighted by Gasteiger charge is 2.71. The zero-order chi connectivity index (χ0) is 30.1. The third kappa shape index (κ3) is 4.52. The number of hydrazone groups is 1. The summed E-state index contributed by atoms with van der Waals surface area (Å²) in [5.74, 6) is -0.495. The van der Waals surface area contributed by atoms with Crippen molar-refractivity contribution in [1.82, 2.24) is 5.43 Å². The number of hydrogen-bond acceptors (Lipinski definition) is 10. The Morgan fingerprint density at radius 2 is 1.90 bits per heavy atom. The smallest absolute Gasteiger partial charge is 0.332 e. The molecule has 0 radical (unpaired) electrons. The molecular formula is C30H45N3O9. The fraction of sp³-hybridized carbons (Fsp3) is 0.833. The van der Waals surface area contributed by atoms with E-state index in [4.69, 9.17) is 19.9 Å². The van der Waals surface area contributed by atoms with Gasteiger partial charge in [-0.2, -0.15) is 5.10 Å². The maximum Gasteiger partial charge on any atom is 0.332 e. The maximum atomic E-state index is 12.5. The number of nitrogens with zero attached hydrogens (tertiary/aromatic N) is 1. The van der Waals surface area contributed by atoms with Crippen molar-refractivity contribution in [2.75, 3.05) is 6.61 Å². The van der Waals surface area contributed by atoms with Gasteiger partial charge in [0.2, 0.25) is 0 Å². The Labute approximate surface area is 245 Å². The van der Waals surface area contributed by atoms with Crippen LogP contribution in [0, 0.1) is 28.6 Å². The summed E-state index contributed by atoms with van der Waals surface area (Å²) in [6, 6.07) is -0.796. The zero-order valence-electron chi connectivity index (χ0n) is 24.4. The monoisotopic (exact) mass is 591 g/mol. The summed E-state index contributed by atoms with van der Waals surface area (Å²) in [4.78, 5) is 23.4. The molecule has 0 aromatic heterocycles. The Balaban J connectivity index is 1.27. The molecule has 234 valence electrons. The number of carbonyl (C=O) groups is 2. The van der Waals surface area contributed by atoms with Gasteiger partial charge in [-0.15, -0.1) is 0 Å². The molecule has 0 aromatic rings. The Morgan fingerprint density at radius 1 is 1.14 bits per heavy atom. The number of nitrogens with two attached hydrogens (primary N) is 1. The van der Waals surface area contributed by atoms with Crippen LogP contribution >= 0.6 is 0 Å². The Bertz CT molecular complexity index is 1150. The summed E-state index contributed by atoms with van der Waals surface area (Å²) >= 11 is 0. The number of rotatable bonds is 5. The van der Waals surface area contributed by atoms with Gasteiger partial charge in [0.25, 0.3) is 0 Å². The van der Waals surface area contributed by atoms with E-state index < -0.39 is 52.7 Å². The van der Waals surface area contributed by atoms with E-state index in [2.05, 4.69) is 17.5 Å². The second-order valence-electron chi connectivity index (χ2n) is 13.9. The SMILES string of the molecule is CC1OC(OC2CCC3(C=NNC(N)=O)C4CCC5(C)C(C6=CC(=O)OC6)CCC5(O)C4CCC3(O)C2)CC(O)C1O. The van der Waals surface area contributed by atoms with Crippen molar-refractivity contribution in [3.05, 3.63) is 11.6 Å². The Kier molecular flexibility index (Phi) is 7.50. The predicted octanol–water partition coefficient (Wildman–Crippen LogP) is 1.23. The van der Waals surface area contributed by atoms with Crippen molar-refractivity contribution in [1.29, 1.82) is 0 Å². The first-order chi connectivity index (χ1) is 19.8. The molecule has 4 aliphatic carbocycles. The number of urea groups is 1. The molecule has 0 bridgehead atoms. The van der Waals surface area contributed by atoms with Gasteiger partial charge in [-0.25, -0.2) is 15.0 Å². The molecule has 42 heavy (non-hydrogen) atoms. The van der Waals surface area contributed by atoms with E-state index in [0.29, 0.717) is 44.9 Å². The Morgan fingerprint density at radius 3 is 2.60 bits per heavy atom. The topological polar surface area (TPSA) is 193 Å². The summed E-state index contributed by atoms with van der Waals surface area (Å²) in [6.45, 7) is 4.11. The lowest BCUT2D eigenvalue weighted by molar-refractivity contribution is -0.282. The van der Waals surface area contributed by atoms with Crippen LogP contribution < -0.4 is 11.2 Å². The van der Waals surface area contributed by atoms with Gasteiger partial charge in [0.1, 0.15) is 12.7 Å². The van der Waals surface area contributed by atoms with Gasteiger partial charge in [0.05, 0.1) is 29.5 Å². The fourth-order valence-corrected chi connectivity index (χ4v) is 10.00. The molecule has 12 nitrogen and oxygen atoms in total. The van der Waals surface area contributed by atoms with Gasteiger partial charge in [-0.3, -0.25) is 0 Å². The normalized spacial score (nSPS) is 50.4. The van der Waals surface area contributed by atoms with Crippen molar-refractivity contribution >= 4 is 18.2 Å². The quantitative estimate of drug-likeness (QED) is 0.118. The second kappa shape index (κ2) is 10.5. The molecule has 2 amide bonds. The second-order valence-corrected chi connectivity index (χ2v) is 13.9. The summed E-state index contributed by atoms with van der Waals surface area (Å²) in [5, 5.41) is 49.5. The van der Waals surface area contributed by atoms with E-state index >= 15 is 0 Å². The van der Waals surface area contributed by atoms with E-state index in [0.717, 1.165) is 18.4 Å². The van der Waals surface area contributed by atoms with Crippen molar-refractivity contribution in [3.63, 3.8) is 0 Å². The molecule has 5 fully saturated rings. The molecular weight excluding hydrogens is 546 g/mol. The lowest BCUT2D eigenvalue weighted by Gasteiger charge is -2.66. The number of aliphatic hydroxyl groups is 4. The third-order valence-electron chi connectivity index (χ3n) is 12.1. The molecule has 6 rings (SSSR count). The number of aliphatic hydroxyl groups excluding tert-OH is 2. The van der Waals surface area contributed by atoms with Crippen LogP contribution in [0.5, 0.6) is 0 Å². The largest absolute Gasteiger partial charge is 0.458 e. The van der Waals surface area contributed by atoms with E-state index in [-0.39, 0.29) is 42.9 Å². The number of fused-ring (bicyclic) bond motifs is 5. The predicted molar refractivity (Wildman–Crippen MR) is 149 cm³/mol. The molecule has 4 saturated carbocycles. The highest BCUT2D eigenvalue weighted by Crippen LogP contribution is 2.70. The van der Waals surface area contributed by atoms with Crippen LogP contribution in [0.4, 0.5) is 4.79 Å². The van der Waals surface area contributed by atoms with Gasteiger partial charge in [-0.05, 0) is 81.6 Å². The number of ether oxygens (including phenoxy) is 3. The van der Waals surface area contributed by atoms with E-state index in [9.17, 15) is 30.0 Å². The van der Waals surface area contributed by atoms with Crippen LogP contribution in [0.15, 0.2) is 16.8 Å². The molecule has 2 heterocycles. The summed E-state index contributed by atoms with van der Waals surface area (Å²) in [6.07, 6.45) is 5.06. The lowest BCUT2D eigenvalue weighted by atomic mass is 9.41. The number of cyclic esters (lactones) is 1. The molecule has 12 unspecified atom stereocenters. The van der Waals surface area contributed by atoms with Gasteiger partial charge >= 0.3 is 12.0 Å². The number of esters is 1. The number of amides is 2. The van der Waals surface area contributed by atoms with Gasteiger partial charge in [0.15, 0.2) is 6.29 Å². The standard InChI is InChI=1S/C30H45N3O9/c1-16-25(36)22(34)12-24(41-16)42-18-3-8-28(15-32-33-26(31)37)20-4-7-27(2)19(17-11-23(35)40-14-17)6-10-30(27,39)21(20)5-9-29(28,38)13-18/h11,15-16,18-22,24-25,34,36,38-39H,3-10,12-14H2,1-2H3,(H3,31,33,37). The first-order valence-electron chi connectivity index (χ1n) is 15.4. The number of hydrogen-bond donors (Lipinski definition) is 6. The molecule has 0 spiro atoms. The van der Waals surface area contributed by atoms with Crippen molar-refractivity contribution < 1.29 is 44.2 Å². The molecule has 1 saturated heterocycles. The minimum Gasteiger partial charge on any atom is -0.458 e. The maximum absolute atomic E-state index is 12.5. The van der Waals surface area contributed by atoms with Crippen LogP contribution in [0.2, 0.25) is 0 Å². The molecule has 0 aromatic carbocycles. The first kappa shape index (κ1) is 30.0. The van der Waals surface area contributed by atoms with E-state index in [1.807, 2.05) is 0 Å². The average molecular weight is 592 g/mol. The molecule has 2 aliphatic heterocycles. The van der Waals surface area contributed by atoms with Crippen LogP contribution in [-0.4, -0.2) is 87.2 Å². The number of primary amides is 1. The molecule has 12 heteroatoms. The fourth-order valence-electron chi connectivity index (χ4n) is 10.00. The van der Waals surface area contributed by atoms with Crippen molar-refractivity contribution in [2.45, 2.75) is 120 Å². The minimum atomic E-state index is -1.23. The third-order valence-corrected chi connectivity index (χ3v) is 12.1. The van der Waals surface area contributed by atoms with E-state index in [1.54, 1.807) is 19.2 Å². The van der Waals surface area contributed by atoms with E-state index in [1.165, 1.54) is 0 Å². The number of nitrogens with one attached hydrogen (secondary N) is 1. The van der Waals surface area contributed by atoms with Crippen LogP contribution in [0.1, 0.15) is 78.1 Å². The van der Waals surface area contributed by atoms with Crippen LogP contribution in [0.25, 0.3) is 0 Å². The average Bonchev–Trinajstić information content (AvgIpc) is 3.46. The summed E-state index contributed by atoms with van der Waals surface area (Å²) < 4.78 is 17.3. The lowest BCUT2D eigenvalue weighted by Crippen LogP contribution is -2.69. The molecule has 6 aliphatic rings.